The first-order chi connectivity index (χ1) is 11.1. The first-order valence-electron chi connectivity index (χ1n) is 8.36. The van der Waals surface area contributed by atoms with Crippen LogP contribution < -0.4 is 5.32 Å². The minimum Gasteiger partial charge on any atom is -0.481 e. The Balaban J connectivity index is 2.01. The molecule has 1 aromatic rings. The van der Waals surface area contributed by atoms with Crippen molar-refractivity contribution in [2.24, 2.45) is 10.8 Å². The van der Waals surface area contributed by atoms with Gasteiger partial charge in [-0.25, -0.2) is 0 Å². The average Bonchev–Trinajstić information content (AvgIpc) is 2.41. The van der Waals surface area contributed by atoms with Crippen LogP contribution in [0.2, 0.25) is 0 Å². The van der Waals surface area contributed by atoms with Gasteiger partial charge in [0.05, 0.1) is 12.5 Å². The number of rotatable bonds is 5. The fourth-order valence-electron chi connectivity index (χ4n) is 4.11. The van der Waals surface area contributed by atoms with E-state index in [1.807, 2.05) is 18.2 Å². The molecule has 0 saturated heterocycles. The molecule has 0 heterocycles. The number of thiocarbonyl (C=S) groups is 1. The highest BCUT2D eigenvalue weighted by molar-refractivity contribution is 7.80. The molecule has 0 amide bonds. The number of carboxylic acids is 1. The minimum atomic E-state index is -0.850. The first-order valence-corrected chi connectivity index (χ1v) is 8.76. The lowest BCUT2D eigenvalue weighted by molar-refractivity contribution is -0.136. The summed E-state index contributed by atoms with van der Waals surface area (Å²) in [6.07, 6.45) is 2.36. The second-order valence-electron chi connectivity index (χ2n) is 8.17. The highest BCUT2D eigenvalue weighted by Gasteiger charge is 2.40. The molecule has 132 valence electrons. The van der Waals surface area contributed by atoms with E-state index in [-0.39, 0.29) is 23.4 Å². The third-order valence-corrected chi connectivity index (χ3v) is 5.02. The van der Waals surface area contributed by atoms with Crippen LogP contribution in [-0.4, -0.2) is 33.8 Å². The molecule has 1 aromatic carbocycles. The Bertz CT molecular complexity index is 629. The van der Waals surface area contributed by atoms with Gasteiger partial charge in [0.1, 0.15) is 4.99 Å². The highest BCUT2D eigenvalue weighted by Crippen LogP contribution is 2.45. The molecular formula is C19H27NO3S. The van der Waals surface area contributed by atoms with E-state index in [0.717, 1.165) is 30.4 Å². The molecule has 1 saturated carbocycles. The Morgan fingerprint density at radius 2 is 2.04 bits per heavy atom. The van der Waals surface area contributed by atoms with Gasteiger partial charge in [0, 0.05) is 12.1 Å². The molecule has 5 heteroatoms. The summed E-state index contributed by atoms with van der Waals surface area (Å²) in [7, 11) is 0. The van der Waals surface area contributed by atoms with Crippen LogP contribution in [0, 0.1) is 10.8 Å². The van der Waals surface area contributed by atoms with Crippen molar-refractivity contribution in [1.82, 2.24) is 5.32 Å². The Kier molecular flexibility index (Phi) is 5.66. The van der Waals surface area contributed by atoms with E-state index < -0.39 is 5.97 Å². The van der Waals surface area contributed by atoms with Crippen molar-refractivity contribution in [2.45, 2.75) is 52.6 Å². The Labute approximate surface area is 149 Å². The number of aliphatic hydroxyl groups is 1. The zero-order valence-electron chi connectivity index (χ0n) is 14.6. The number of aliphatic carboxylic acids is 1. The zero-order chi connectivity index (χ0) is 18.0. The van der Waals surface area contributed by atoms with Gasteiger partial charge in [0.15, 0.2) is 0 Å². The number of hydrogen-bond donors (Lipinski definition) is 3. The van der Waals surface area contributed by atoms with Crippen molar-refractivity contribution in [1.29, 1.82) is 0 Å². The summed E-state index contributed by atoms with van der Waals surface area (Å²) < 4.78 is 0. The van der Waals surface area contributed by atoms with Crippen LogP contribution >= 0.6 is 12.2 Å². The van der Waals surface area contributed by atoms with Crippen LogP contribution in [0.3, 0.4) is 0 Å². The van der Waals surface area contributed by atoms with Crippen molar-refractivity contribution in [3.05, 3.63) is 35.4 Å². The molecule has 0 bridgehead atoms. The summed E-state index contributed by atoms with van der Waals surface area (Å²) in [5, 5.41) is 22.4. The molecule has 1 aliphatic carbocycles. The summed E-state index contributed by atoms with van der Waals surface area (Å²) in [6, 6.07) is 7.34. The SMILES string of the molecule is CC1(C)C[C@@H](O)C[C@](C)(CNC(=S)c2cccc(CC(=O)O)c2)C1. The predicted molar refractivity (Wildman–Crippen MR) is 99.2 cm³/mol. The van der Waals surface area contributed by atoms with Gasteiger partial charge in [-0.1, -0.05) is 51.2 Å². The van der Waals surface area contributed by atoms with E-state index in [2.05, 4.69) is 26.1 Å². The fraction of sp³-hybridized carbons (Fsp3) is 0.579. The predicted octanol–water partition coefficient (Wildman–Crippen LogP) is 3.16. The number of hydrogen-bond acceptors (Lipinski definition) is 3. The van der Waals surface area contributed by atoms with Crippen LogP contribution in [0.1, 0.15) is 51.2 Å². The lowest BCUT2D eigenvalue weighted by Crippen LogP contribution is -2.45. The van der Waals surface area contributed by atoms with Gasteiger partial charge in [0.25, 0.3) is 0 Å². The maximum absolute atomic E-state index is 10.8. The molecule has 0 radical (unpaired) electrons. The highest BCUT2D eigenvalue weighted by atomic mass is 32.1. The van der Waals surface area contributed by atoms with Gasteiger partial charge in [-0.2, -0.15) is 0 Å². The molecule has 0 aliphatic heterocycles. The van der Waals surface area contributed by atoms with E-state index in [1.165, 1.54) is 0 Å². The Morgan fingerprint density at radius 3 is 2.67 bits per heavy atom. The van der Waals surface area contributed by atoms with Crippen molar-refractivity contribution in [2.75, 3.05) is 6.54 Å². The molecule has 0 unspecified atom stereocenters. The molecule has 0 aromatic heterocycles. The summed E-state index contributed by atoms with van der Waals surface area (Å²) in [4.78, 5) is 11.5. The van der Waals surface area contributed by atoms with E-state index in [9.17, 15) is 9.90 Å². The third kappa shape index (κ3) is 5.28. The monoisotopic (exact) mass is 349 g/mol. The fourth-order valence-corrected chi connectivity index (χ4v) is 4.31. The number of carbonyl (C=O) groups is 1. The van der Waals surface area contributed by atoms with E-state index in [4.69, 9.17) is 17.3 Å². The summed E-state index contributed by atoms with van der Waals surface area (Å²) in [5.74, 6) is -0.850. The van der Waals surface area contributed by atoms with Crippen LogP contribution in [0.4, 0.5) is 0 Å². The maximum atomic E-state index is 10.8. The van der Waals surface area contributed by atoms with Crippen LogP contribution in [0.5, 0.6) is 0 Å². The van der Waals surface area contributed by atoms with Crippen molar-refractivity contribution in [3.8, 4) is 0 Å². The number of benzene rings is 1. The Morgan fingerprint density at radius 1 is 1.33 bits per heavy atom. The molecule has 2 rings (SSSR count). The largest absolute Gasteiger partial charge is 0.481 e. The van der Waals surface area contributed by atoms with Gasteiger partial charge in [0.2, 0.25) is 0 Å². The van der Waals surface area contributed by atoms with E-state index in [1.54, 1.807) is 6.07 Å². The normalized spacial score (nSPS) is 25.9. The van der Waals surface area contributed by atoms with Gasteiger partial charge < -0.3 is 15.5 Å². The second-order valence-corrected chi connectivity index (χ2v) is 8.58. The molecule has 1 aliphatic rings. The number of aliphatic hydroxyl groups excluding tert-OH is 1. The summed E-state index contributed by atoms with van der Waals surface area (Å²) >= 11 is 5.48. The van der Waals surface area contributed by atoms with E-state index >= 15 is 0 Å². The van der Waals surface area contributed by atoms with Crippen molar-refractivity contribution < 1.29 is 15.0 Å². The third-order valence-electron chi connectivity index (χ3n) is 4.64. The molecule has 0 spiro atoms. The maximum Gasteiger partial charge on any atom is 0.307 e. The van der Waals surface area contributed by atoms with Gasteiger partial charge >= 0.3 is 5.97 Å². The van der Waals surface area contributed by atoms with Crippen LogP contribution in [0.25, 0.3) is 0 Å². The summed E-state index contributed by atoms with van der Waals surface area (Å²) in [5.41, 5.74) is 1.69. The smallest absolute Gasteiger partial charge is 0.307 e. The standard InChI is InChI=1S/C19H27NO3S/c1-18(2)9-15(21)10-19(3,11-18)12-20-17(24)14-6-4-5-13(7-14)8-16(22)23/h4-7,15,21H,8-12H2,1-3H3,(H,20,24)(H,22,23)/t15-,19+/m1/s1. The van der Waals surface area contributed by atoms with Crippen molar-refractivity contribution in [3.63, 3.8) is 0 Å². The zero-order valence-corrected chi connectivity index (χ0v) is 15.4. The van der Waals surface area contributed by atoms with Gasteiger partial charge in [-0.15, -0.1) is 0 Å². The van der Waals surface area contributed by atoms with Crippen LogP contribution in [0.15, 0.2) is 24.3 Å². The quantitative estimate of drug-likeness (QED) is 0.713. The molecule has 1 fully saturated rings. The Hall–Kier alpha value is -1.46. The lowest BCUT2D eigenvalue weighted by Gasteiger charge is -2.45. The molecule has 24 heavy (non-hydrogen) atoms. The van der Waals surface area contributed by atoms with E-state index in [0.29, 0.717) is 11.5 Å². The first kappa shape index (κ1) is 18.9. The minimum absolute atomic E-state index is 0.00541. The lowest BCUT2D eigenvalue weighted by atomic mass is 9.63. The van der Waals surface area contributed by atoms with Crippen molar-refractivity contribution >= 4 is 23.2 Å². The summed E-state index contributed by atoms with van der Waals surface area (Å²) in [6.45, 7) is 7.28. The van der Waals surface area contributed by atoms with Crippen LogP contribution in [-0.2, 0) is 11.2 Å². The number of nitrogens with one attached hydrogen (secondary N) is 1. The van der Waals surface area contributed by atoms with Gasteiger partial charge in [-0.3, -0.25) is 4.79 Å². The second kappa shape index (κ2) is 7.19. The van der Waals surface area contributed by atoms with Gasteiger partial charge in [-0.05, 0) is 41.7 Å². The topological polar surface area (TPSA) is 69.6 Å². The molecule has 2 atom stereocenters. The molecule has 4 nitrogen and oxygen atoms in total. The number of carboxylic acid groups (broad SMARTS) is 1. The molecule has 3 N–H and O–H groups in total. The average molecular weight is 349 g/mol. The molecular weight excluding hydrogens is 322 g/mol.